The van der Waals surface area contributed by atoms with Gasteiger partial charge in [0.15, 0.2) is 0 Å². The summed E-state index contributed by atoms with van der Waals surface area (Å²) in [5, 5.41) is 10.6. The van der Waals surface area contributed by atoms with Crippen molar-refractivity contribution < 1.29 is 18.0 Å². The zero-order chi connectivity index (χ0) is 20.2. The van der Waals surface area contributed by atoms with Gasteiger partial charge < -0.3 is 10.6 Å². The molecule has 10 heteroatoms. The van der Waals surface area contributed by atoms with Gasteiger partial charge in [0.1, 0.15) is 0 Å². The van der Waals surface area contributed by atoms with Crippen molar-refractivity contribution in [3.05, 3.63) is 52.0 Å². The zero-order valence-corrected chi connectivity index (χ0v) is 16.6. The lowest BCUT2D eigenvalue weighted by atomic mass is 10.1. The molecular weight excluding hydrogens is 413 g/mol. The first-order chi connectivity index (χ1) is 12.6. The van der Waals surface area contributed by atoms with Gasteiger partial charge in [-0.3, -0.25) is 9.59 Å². The monoisotopic (exact) mass is 429 g/mol. The summed E-state index contributed by atoms with van der Waals surface area (Å²) in [4.78, 5) is 24.5. The number of primary sulfonamides is 1. The van der Waals surface area contributed by atoms with E-state index in [1.165, 1.54) is 36.4 Å². The number of rotatable bonds is 6. The molecule has 0 fully saturated rings. The number of carbonyl (C=O) groups excluding carboxylic acids is 2. The first kappa shape index (κ1) is 21.2. The molecule has 0 heterocycles. The fraction of sp³-hybridized carbons (Fsp3) is 0.176. The minimum absolute atomic E-state index is 0.0764. The van der Waals surface area contributed by atoms with Crippen LogP contribution >= 0.6 is 23.2 Å². The van der Waals surface area contributed by atoms with Crippen molar-refractivity contribution in [1.29, 1.82) is 0 Å². The molecule has 2 aromatic carbocycles. The highest BCUT2D eigenvalue weighted by atomic mass is 35.5. The summed E-state index contributed by atoms with van der Waals surface area (Å²) in [5.74, 6) is -0.858. The van der Waals surface area contributed by atoms with Crippen LogP contribution in [0.15, 0.2) is 41.3 Å². The van der Waals surface area contributed by atoms with E-state index in [-0.39, 0.29) is 38.5 Å². The summed E-state index contributed by atoms with van der Waals surface area (Å²) >= 11 is 12.1. The van der Waals surface area contributed by atoms with Gasteiger partial charge in [-0.15, -0.1) is 0 Å². The van der Waals surface area contributed by atoms with Gasteiger partial charge >= 0.3 is 0 Å². The third-order valence-corrected chi connectivity index (χ3v) is 4.93. The molecule has 2 amide bonds. The molecule has 0 saturated carbocycles. The van der Waals surface area contributed by atoms with Gasteiger partial charge in [0.25, 0.3) is 5.91 Å². The number of halogens is 2. The van der Waals surface area contributed by atoms with Crippen molar-refractivity contribution in [2.75, 3.05) is 10.6 Å². The van der Waals surface area contributed by atoms with Crippen molar-refractivity contribution in [2.24, 2.45) is 5.14 Å². The molecule has 2 rings (SSSR count). The SMILES string of the molecule is CCCC(=O)Nc1c(Cl)cc(Cl)cc1C(=O)Nc1ccc(S(N)(=O)=O)cc1. The maximum atomic E-state index is 12.6. The molecule has 0 radical (unpaired) electrons. The second-order valence-corrected chi connectivity index (χ2v) is 8.04. The molecule has 0 aromatic heterocycles. The maximum Gasteiger partial charge on any atom is 0.257 e. The average molecular weight is 430 g/mol. The Kier molecular flexibility index (Phi) is 6.83. The van der Waals surface area contributed by atoms with E-state index in [0.29, 0.717) is 12.1 Å². The predicted molar refractivity (Wildman–Crippen MR) is 106 cm³/mol. The Balaban J connectivity index is 2.31. The fourth-order valence-corrected chi connectivity index (χ4v) is 3.29. The van der Waals surface area contributed by atoms with Gasteiger partial charge in [0.05, 0.1) is 21.2 Å². The van der Waals surface area contributed by atoms with Crippen LogP contribution in [0.3, 0.4) is 0 Å². The minimum Gasteiger partial charge on any atom is -0.324 e. The fourth-order valence-electron chi connectivity index (χ4n) is 2.24. The number of benzene rings is 2. The number of amides is 2. The Morgan fingerprint density at radius 2 is 1.70 bits per heavy atom. The zero-order valence-electron chi connectivity index (χ0n) is 14.3. The summed E-state index contributed by atoms with van der Waals surface area (Å²) in [6.07, 6.45) is 0.907. The number of anilines is 2. The van der Waals surface area contributed by atoms with E-state index in [4.69, 9.17) is 28.3 Å². The third kappa shape index (κ3) is 5.67. The Bertz CT molecular complexity index is 976. The molecular formula is C17H17Cl2N3O4S. The van der Waals surface area contributed by atoms with E-state index < -0.39 is 15.9 Å². The molecule has 2 aromatic rings. The Hall–Kier alpha value is -2.13. The van der Waals surface area contributed by atoms with E-state index in [1.54, 1.807) is 0 Å². The normalized spacial score (nSPS) is 11.1. The van der Waals surface area contributed by atoms with Crippen LogP contribution in [0.25, 0.3) is 0 Å². The number of nitrogens with one attached hydrogen (secondary N) is 2. The average Bonchev–Trinajstić information content (AvgIpc) is 2.57. The van der Waals surface area contributed by atoms with Crippen LogP contribution in [0.4, 0.5) is 11.4 Å². The summed E-state index contributed by atoms with van der Waals surface area (Å²) < 4.78 is 22.6. The van der Waals surface area contributed by atoms with Crippen LogP contribution < -0.4 is 15.8 Å². The van der Waals surface area contributed by atoms with Crippen molar-refractivity contribution in [2.45, 2.75) is 24.7 Å². The Morgan fingerprint density at radius 3 is 2.26 bits per heavy atom. The molecule has 0 aliphatic rings. The van der Waals surface area contributed by atoms with Crippen LogP contribution in [0.5, 0.6) is 0 Å². The molecule has 144 valence electrons. The topological polar surface area (TPSA) is 118 Å². The summed E-state index contributed by atoms with van der Waals surface area (Å²) in [5.41, 5.74) is 0.556. The van der Waals surface area contributed by atoms with Gasteiger partial charge in [0, 0.05) is 17.1 Å². The highest BCUT2D eigenvalue weighted by Gasteiger charge is 2.18. The smallest absolute Gasteiger partial charge is 0.257 e. The number of sulfonamides is 1. The molecule has 0 aliphatic heterocycles. The predicted octanol–water partition coefficient (Wildman–Crippen LogP) is 3.63. The molecule has 27 heavy (non-hydrogen) atoms. The van der Waals surface area contributed by atoms with Gasteiger partial charge in [-0.1, -0.05) is 30.1 Å². The first-order valence-electron chi connectivity index (χ1n) is 7.85. The van der Waals surface area contributed by atoms with Crippen molar-refractivity contribution in [3.8, 4) is 0 Å². The summed E-state index contributed by atoms with van der Waals surface area (Å²) in [6, 6.07) is 8.10. The van der Waals surface area contributed by atoms with Crippen molar-refractivity contribution in [3.63, 3.8) is 0 Å². The highest BCUT2D eigenvalue weighted by Crippen LogP contribution is 2.31. The molecule has 7 nitrogen and oxygen atoms in total. The lowest BCUT2D eigenvalue weighted by molar-refractivity contribution is -0.116. The quantitative estimate of drug-likeness (QED) is 0.649. The third-order valence-electron chi connectivity index (χ3n) is 3.48. The van der Waals surface area contributed by atoms with Crippen LogP contribution in [0, 0.1) is 0 Å². The molecule has 0 bridgehead atoms. The van der Waals surface area contributed by atoms with Gasteiger partial charge in [0.2, 0.25) is 15.9 Å². The number of carbonyl (C=O) groups is 2. The van der Waals surface area contributed by atoms with Crippen LogP contribution in [-0.4, -0.2) is 20.2 Å². The number of nitrogens with two attached hydrogens (primary N) is 1. The Morgan fingerprint density at radius 1 is 1.07 bits per heavy atom. The number of hydrogen-bond acceptors (Lipinski definition) is 4. The molecule has 0 saturated heterocycles. The first-order valence-corrected chi connectivity index (χ1v) is 10.1. The second kappa shape index (κ2) is 8.71. The van der Waals surface area contributed by atoms with Crippen LogP contribution in [0.1, 0.15) is 30.1 Å². The van der Waals surface area contributed by atoms with Crippen molar-refractivity contribution in [1.82, 2.24) is 0 Å². The van der Waals surface area contributed by atoms with Gasteiger partial charge in [-0.25, -0.2) is 13.6 Å². The second-order valence-electron chi connectivity index (χ2n) is 5.63. The largest absolute Gasteiger partial charge is 0.324 e. The van der Waals surface area contributed by atoms with Crippen LogP contribution in [0.2, 0.25) is 10.0 Å². The van der Waals surface area contributed by atoms with E-state index in [9.17, 15) is 18.0 Å². The van der Waals surface area contributed by atoms with E-state index in [2.05, 4.69) is 10.6 Å². The molecule has 0 atom stereocenters. The molecule has 0 aliphatic carbocycles. The lowest BCUT2D eigenvalue weighted by Gasteiger charge is -2.14. The molecule has 4 N–H and O–H groups in total. The highest BCUT2D eigenvalue weighted by molar-refractivity contribution is 7.89. The summed E-state index contributed by atoms with van der Waals surface area (Å²) in [6.45, 7) is 1.85. The Labute approximate surface area is 166 Å². The summed E-state index contributed by atoms with van der Waals surface area (Å²) in [7, 11) is -3.83. The molecule has 0 unspecified atom stereocenters. The van der Waals surface area contributed by atoms with Gasteiger partial charge in [-0.05, 0) is 42.8 Å². The van der Waals surface area contributed by atoms with Gasteiger partial charge in [-0.2, -0.15) is 0 Å². The standard InChI is InChI=1S/C17H17Cl2N3O4S/c1-2-3-15(23)22-16-13(8-10(18)9-14(16)19)17(24)21-11-4-6-12(7-5-11)27(20,25)26/h4-9H,2-3H2,1H3,(H,21,24)(H,22,23)(H2,20,25,26). The maximum absolute atomic E-state index is 12.6. The van der Waals surface area contributed by atoms with E-state index in [1.807, 2.05) is 6.92 Å². The van der Waals surface area contributed by atoms with E-state index in [0.717, 1.165) is 0 Å². The lowest BCUT2D eigenvalue weighted by Crippen LogP contribution is -2.18. The minimum atomic E-state index is -3.83. The van der Waals surface area contributed by atoms with Crippen molar-refractivity contribution >= 4 is 56.4 Å². The van der Waals surface area contributed by atoms with Crippen LogP contribution in [-0.2, 0) is 14.8 Å². The van der Waals surface area contributed by atoms with E-state index >= 15 is 0 Å². The number of hydrogen-bond donors (Lipinski definition) is 3. The molecule has 0 spiro atoms.